The molecular weight excluding hydrogens is 300 g/mol. The van der Waals surface area contributed by atoms with E-state index in [1.165, 1.54) is 11.8 Å². The Labute approximate surface area is 133 Å². The van der Waals surface area contributed by atoms with E-state index in [1.54, 1.807) is 43.8 Å². The van der Waals surface area contributed by atoms with Crippen LogP contribution in [-0.2, 0) is 11.3 Å². The lowest BCUT2D eigenvalue weighted by atomic mass is 10.3. The molecule has 1 aromatic heterocycles. The van der Waals surface area contributed by atoms with Crippen molar-refractivity contribution in [3.8, 4) is 5.75 Å². The van der Waals surface area contributed by atoms with Gasteiger partial charge in [0.1, 0.15) is 12.1 Å². The zero-order valence-corrected chi connectivity index (χ0v) is 13.3. The van der Waals surface area contributed by atoms with Gasteiger partial charge in [0, 0.05) is 12.2 Å². The number of aromatic nitrogens is 3. The molecule has 1 amide bonds. The average molecular weight is 318 g/mol. The quantitative estimate of drug-likeness (QED) is 0.628. The van der Waals surface area contributed by atoms with Crippen LogP contribution in [0.3, 0.4) is 0 Å². The number of carbonyl (C=O) groups is 1. The van der Waals surface area contributed by atoms with Gasteiger partial charge in [-0.1, -0.05) is 17.8 Å². The number of carbonyl (C=O) groups excluding carboxylic acids is 1. The number of thioether (sulfide) groups is 1. The molecule has 1 N–H and O–H groups in total. The molecular formula is C15H18N4O2S. The zero-order chi connectivity index (χ0) is 15.9. The Morgan fingerprint density at radius 2 is 2.23 bits per heavy atom. The first-order valence-corrected chi connectivity index (χ1v) is 7.62. The summed E-state index contributed by atoms with van der Waals surface area (Å²) in [5, 5.41) is 11.1. The molecule has 0 radical (unpaired) electrons. The Hall–Kier alpha value is -2.28. The Morgan fingerprint density at radius 1 is 1.50 bits per heavy atom. The highest BCUT2D eigenvalue weighted by Gasteiger charge is 2.17. The van der Waals surface area contributed by atoms with Crippen LogP contribution in [0.2, 0.25) is 0 Å². The van der Waals surface area contributed by atoms with Gasteiger partial charge < -0.3 is 14.6 Å². The summed E-state index contributed by atoms with van der Waals surface area (Å²) in [5.74, 6) is 0.654. The van der Waals surface area contributed by atoms with Crippen LogP contribution in [-0.4, -0.2) is 33.0 Å². The van der Waals surface area contributed by atoms with E-state index in [0.717, 1.165) is 11.4 Å². The summed E-state index contributed by atoms with van der Waals surface area (Å²) in [7, 11) is 1.60. The fourth-order valence-corrected chi connectivity index (χ4v) is 2.56. The molecule has 6 nitrogen and oxygen atoms in total. The van der Waals surface area contributed by atoms with Crippen LogP contribution >= 0.6 is 11.8 Å². The summed E-state index contributed by atoms with van der Waals surface area (Å²) in [6, 6.07) is 7.20. The second-order valence-electron chi connectivity index (χ2n) is 4.53. The molecule has 0 aliphatic carbocycles. The summed E-state index contributed by atoms with van der Waals surface area (Å²) in [6.07, 6.45) is 3.38. The topological polar surface area (TPSA) is 69.0 Å². The van der Waals surface area contributed by atoms with E-state index in [9.17, 15) is 4.79 Å². The molecule has 7 heteroatoms. The molecule has 22 heavy (non-hydrogen) atoms. The number of methoxy groups -OCH3 is 1. The number of ether oxygens (including phenoxy) is 1. The van der Waals surface area contributed by atoms with E-state index in [2.05, 4.69) is 22.1 Å². The number of nitrogens with zero attached hydrogens (tertiary/aromatic N) is 3. The summed E-state index contributed by atoms with van der Waals surface area (Å²) in [5.41, 5.74) is 0.728. The molecule has 0 unspecified atom stereocenters. The van der Waals surface area contributed by atoms with Crippen LogP contribution < -0.4 is 10.1 Å². The first-order chi connectivity index (χ1) is 10.6. The maximum atomic E-state index is 12.2. The minimum atomic E-state index is -0.296. The fourth-order valence-electron chi connectivity index (χ4n) is 1.73. The zero-order valence-electron chi connectivity index (χ0n) is 12.5. The Morgan fingerprint density at radius 3 is 2.86 bits per heavy atom. The van der Waals surface area contributed by atoms with Crippen LogP contribution in [0.1, 0.15) is 6.92 Å². The van der Waals surface area contributed by atoms with Crippen molar-refractivity contribution in [3.05, 3.63) is 43.2 Å². The Kier molecular flexibility index (Phi) is 5.60. The largest absolute Gasteiger partial charge is 0.497 e. The molecule has 0 spiro atoms. The molecule has 0 bridgehead atoms. The number of anilines is 1. The number of allylic oxidation sites excluding steroid dienone is 1. The van der Waals surface area contributed by atoms with Crippen LogP contribution in [0, 0.1) is 0 Å². The number of nitrogens with one attached hydrogen (secondary N) is 1. The number of rotatable bonds is 7. The normalized spacial score (nSPS) is 11.7. The fraction of sp³-hybridized carbons (Fsp3) is 0.267. The van der Waals surface area contributed by atoms with Gasteiger partial charge in [0.15, 0.2) is 5.16 Å². The van der Waals surface area contributed by atoms with Gasteiger partial charge in [-0.2, -0.15) is 0 Å². The van der Waals surface area contributed by atoms with E-state index in [1.807, 2.05) is 11.5 Å². The van der Waals surface area contributed by atoms with Crippen molar-refractivity contribution >= 4 is 23.4 Å². The number of amides is 1. The highest BCUT2D eigenvalue weighted by molar-refractivity contribution is 8.00. The molecule has 0 saturated carbocycles. The van der Waals surface area contributed by atoms with Gasteiger partial charge in [-0.15, -0.1) is 16.8 Å². The third-order valence-corrected chi connectivity index (χ3v) is 4.01. The number of hydrogen-bond acceptors (Lipinski definition) is 5. The molecule has 0 saturated heterocycles. The smallest absolute Gasteiger partial charge is 0.237 e. The van der Waals surface area contributed by atoms with Crippen molar-refractivity contribution in [2.45, 2.75) is 23.9 Å². The predicted molar refractivity (Wildman–Crippen MR) is 87.2 cm³/mol. The van der Waals surface area contributed by atoms with Gasteiger partial charge in [-0.05, 0) is 31.2 Å². The van der Waals surface area contributed by atoms with E-state index in [4.69, 9.17) is 4.74 Å². The summed E-state index contributed by atoms with van der Waals surface area (Å²) >= 11 is 1.36. The van der Waals surface area contributed by atoms with Crippen molar-refractivity contribution in [1.29, 1.82) is 0 Å². The minimum absolute atomic E-state index is 0.0941. The molecule has 0 aliphatic heterocycles. The first kappa shape index (κ1) is 16.1. The Bertz CT molecular complexity index is 639. The summed E-state index contributed by atoms with van der Waals surface area (Å²) in [6.45, 7) is 6.13. The average Bonchev–Trinajstić information content (AvgIpc) is 2.95. The standard InChI is InChI=1S/C15H18N4O2S/c1-4-9-19-10-16-18-15(19)22-11(2)14(20)17-12-5-7-13(21-3)8-6-12/h4-8,10-11H,1,9H2,2-3H3,(H,17,20)/t11-/m1/s1. The first-order valence-electron chi connectivity index (χ1n) is 6.74. The number of hydrogen-bond donors (Lipinski definition) is 1. The molecule has 2 rings (SSSR count). The molecule has 0 aliphatic rings. The van der Waals surface area contributed by atoms with Crippen LogP contribution in [0.25, 0.3) is 0 Å². The summed E-state index contributed by atoms with van der Waals surface area (Å²) in [4.78, 5) is 12.2. The SMILES string of the molecule is C=CCn1cnnc1S[C@H](C)C(=O)Nc1ccc(OC)cc1. The van der Waals surface area contributed by atoms with Crippen molar-refractivity contribution in [3.63, 3.8) is 0 Å². The minimum Gasteiger partial charge on any atom is -0.497 e. The lowest BCUT2D eigenvalue weighted by molar-refractivity contribution is -0.115. The molecule has 2 aromatic rings. The van der Waals surface area contributed by atoms with Gasteiger partial charge in [-0.25, -0.2) is 0 Å². The van der Waals surface area contributed by atoms with Gasteiger partial charge in [-0.3, -0.25) is 4.79 Å². The second kappa shape index (κ2) is 7.65. The van der Waals surface area contributed by atoms with Crippen molar-refractivity contribution in [1.82, 2.24) is 14.8 Å². The number of benzene rings is 1. The van der Waals surface area contributed by atoms with Gasteiger partial charge in [0.25, 0.3) is 0 Å². The monoisotopic (exact) mass is 318 g/mol. The van der Waals surface area contributed by atoms with Gasteiger partial charge in [0.2, 0.25) is 5.91 Å². The second-order valence-corrected chi connectivity index (χ2v) is 5.84. The van der Waals surface area contributed by atoms with Crippen LogP contribution in [0.15, 0.2) is 48.4 Å². The van der Waals surface area contributed by atoms with Crippen molar-refractivity contribution < 1.29 is 9.53 Å². The highest BCUT2D eigenvalue weighted by Crippen LogP contribution is 2.22. The van der Waals surface area contributed by atoms with Crippen molar-refractivity contribution in [2.75, 3.05) is 12.4 Å². The van der Waals surface area contributed by atoms with Crippen LogP contribution in [0.4, 0.5) is 5.69 Å². The van der Waals surface area contributed by atoms with E-state index in [-0.39, 0.29) is 11.2 Å². The molecule has 1 heterocycles. The molecule has 1 aromatic carbocycles. The molecule has 116 valence electrons. The predicted octanol–water partition coefficient (Wildman–Crippen LogP) is 2.59. The van der Waals surface area contributed by atoms with Gasteiger partial charge >= 0.3 is 0 Å². The van der Waals surface area contributed by atoms with E-state index in [0.29, 0.717) is 11.7 Å². The third-order valence-electron chi connectivity index (χ3n) is 2.91. The van der Waals surface area contributed by atoms with E-state index >= 15 is 0 Å². The highest BCUT2D eigenvalue weighted by atomic mass is 32.2. The lowest BCUT2D eigenvalue weighted by Gasteiger charge is -2.12. The van der Waals surface area contributed by atoms with Crippen LogP contribution in [0.5, 0.6) is 5.75 Å². The van der Waals surface area contributed by atoms with E-state index < -0.39 is 0 Å². The maximum Gasteiger partial charge on any atom is 0.237 e. The maximum absolute atomic E-state index is 12.2. The summed E-state index contributed by atoms with van der Waals surface area (Å²) < 4.78 is 6.93. The van der Waals surface area contributed by atoms with Crippen molar-refractivity contribution in [2.24, 2.45) is 0 Å². The molecule has 1 atom stereocenters. The molecule has 0 fully saturated rings. The Balaban J connectivity index is 1.96. The van der Waals surface area contributed by atoms with Gasteiger partial charge in [0.05, 0.1) is 12.4 Å². The lowest BCUT2D eigenvalue weighted by Crippen LogP contribution is -2.22. The third kappa shape index (κ3) is 4.11.